The van der Waals surface area contributed by atoms with Gasteiger partial charge in [-0.2, -0.15) is 0 Å². The molecule has 24 heavy (non-hydrogen) atoms. The molecule has 2 atom stereocenters. The van der Waals surface area contributed by atoms with Crippen LogP contribution in [0.4, 0.5) is 5.13 Å². The van der Waals surface area contributed by atoms with E-state index in [9.17, 15) is 9.59 Å². The van der Waals surface area contributed by atoms with Crippen LogP contribution in [-0.4, -0.2) is 29.9 Å². The Morgan fingerprint density at radius 3 is 2.33 bits per heavy atom. The molecule has 1 N–H and O–H groups in total. The Hall–Kier alpha value is -2.21. The summed E-state index contributed by atoms with van der Waals surface area (Å²) in [4.78, 5) is 30.3. The van der Waals surface area contributed by atoms with Crippen LogP contribution in [0.5, 0.6) is 0 Å². The van der Waals surface area contributed by atoms with Gasteiger partial charge in [-0.25, -0.2) is 4.98 Å². The van der Waals surface area contributed by atoms with Crippen molar-refractivity contribution >= 4 is 28.3 Å². The molecule has 6 heteroatoms. The van der Waals surface area contributed by atoms with Crippen LogP contribution in [0.2, 0.25) is 0 Å². The van der Waals surface area contributed by atoms with Gasteiger partial charge in [0.05, 0.1) is 17.5 Å². The molecule has 0 radical (unpaired) electrons. The molecule has 0 aliphatic carbocycles. The Labute approximate surface area is 144 Å². The molecule has 1 aromatic carbocycles. The van der Waals surface area contributed by atoms with Gasteiger partial charge in [-0.15, -0.1) is 11.3 Å². The summed E-state index contributed by atoms with van der Waals surface area (Å²) in [5, 5.41) is 5.33. The topological polar surface area (TPSA) is 62.3 Å². The fourth-order valence-electron chi connectivity index (χ4n) is 3.38. The summed E-state index contributed by atoms with van der Waals surface area (Å²) in [7, 11) is 0. The first-order chi connectivity index (χ1) is 11.5. The summed E-state index contributed by atoms with van der Waals surface area (Å²) in [6.07, 6.45) is 0. The summed E-state index contributed by atoms with van der Waals surface area (Å²) in [6, 6.07) is 8.48. The van der Waals surface area contributed by atoms with Crippen molar-refractivity contribution < 1.29 is 9.59 Å². The summed E-state index contributed by atoms with van der Waals surface area (Å²) in [6.45, 7) is 5.50. The van der Waals surface area contributed by atoms with Gasteiger partial charge in [-0.1, -0.05) is 38.1 Å². The van der Waals surface area contributed by atoms with E-state index in [1.54, 1.807) is 11.3 Å². The summed E-state index contributed by atoms with van der Waals surface area (Å²) >= 11 is 1.57. The van der Waals surface area contributed by atoms with Gasteiger partial charge in [0, 0.05) is 24.0 Å². The van der Waals surface area contributed by atoms with E-state index in [0.29, 0.717) is 19.0 Å². The largest absolute Gasteiger partial charge is 0.346 e. The molecule has 0 saturated carbocycles. The number of carbonyl (C=O) groups excluding carboxylic acids is 2. The van der Waals surface area contributed by atoms with Crippen molar-refractivity contribution in [2.45, 2.75) is 19.8 Å². The molecule has 124 valence electrons. The van der Waals surface area contributed by atoms with Crippen LogP contribution >= 0.6 is 11.3 Å². The highest BCUT2D eigenvalue weighted by atomic mass is 32.1. The van der Waals surface area contributed by atoms with Crippen LogP contribution in [0, 0.1) is 11.8 Å². The highest BCUT2D eigenvalue weighted by Gasteiger charge is 2.48. The molecule has 5 nitrogen and oxygen atoms in total. The third kappa shape index (κ3) is 2.51. The molecular weight excluding hydrogens is 322 g/mol. The Balaban J connectivity index is 1.53. The van der Waals surface area contributed by atoms with Gasteiger partial charge in [0.1, 0.15) is 0 Å². The fourth-order valence-corrected chi connectivity index (χ4v) is 4.23. The molecule has 4 rings (SSSR count). The number of amides is 2. The van der Waals surface area contributed by atoms with Crippen molar-refractivity contribution in [1.29, 1.82) is 0 Å². The predicted octanol–water partition coefficient (Wildman–Crippen LogP) is 2.64. The van der Waals surface area contributed by atoms with Gasteiger partial charge in [-0.3, -0.25) is 14.9 Å². The summed E-state index contributed by atoms with van der Waals surface area (Å²) < 4.78 is 0. The van der Waals surface area contributed by atoms with Crippen molar-refractivity contribution in [2.75, 3.05) is 18.0 Å². The minimum atomic E-state index is -0.227. The second kappa shape index (κ2) is 5.70. The van der Waals surface area contributed by atoms with E-state index < -0.39 is 0 Å². The van der Waals surface area contributed by atoms with Gasteiger partial charge in [0.25, 0.3) is 0 Å². The van der Waals surface area contributed by atoms with Gasteiger partial charge >= 0.3 is 0 Å². The second-order valence-electron chi connectivity index (χ2n) is 6.76. The number of thiazole rings is 1. The number of anilines is 1. The zero-order valence-electron chi connectivity index (χ0n) is 13.7. The van der Waals surface area contributed by atoms with E-state index in [1.165, 1.54) is 5.56 Å². The van der Waals surface area contributed by atoms with Crippen molar-refractivity contribution in [3.8, 4) is 11.3 Å². The third-order valence-electron chi connectivity index (χ3n) is 4.88. The van der Waals surface area contributed by atoms with E-state index in [1.807, 2.05) is 5.38 Å². The predicted molar refractivity (Wildman–Crippen MR) is 94.0 cm³/mol. The molecule has 2 aliphatic heterocycles. The van der Waals surface area contributed by atoms with Crippen LogP contribution in [0.1, 0.15) is 25.3 Å². The van der Waals surface area contributed by atoms with E-state index in [0.717, 1.165) is 16.4 Å². The maximum atomic E-state index is 11.8. The summed E-state index contributed by atoms with van der Waals surface area (Å²) in [5.41, 5.74) is 3.35. The molecule has 3 heterocycles. The smallest absolute Gasteiger partial charge is 0.232 e. The van der Waals surface area contributed by atoms with E-state index in [4.69, 9.17) is 4.98 Å². The molecule has 1 aromatic heterocycles. The first-order valence-electron chi connectivity index (χ1n) is 8.18. The number of nitrogens with zero attached hydrogens (tertiary/aromatic N) is 2. The van der Waals surface area contributed by atoms with E-state index >= 15 is 0 Å². The second-order valence-corrected chi connectivity index (χ2v) is 7.60. The Morgan fingerprint density at radius 1 is 1.12 bits per heavy atom. The number of hydrogen-bond acceptors (Lipinski definition) is 5. The van der Waals surface area contributed by atoms with Crippen LogP contribution in [0.15, 0.2) is 29.6 Å². The first kappa shape index (κ1) is 15.3. The molecule has 2 aromatic rings. The Bertz CT molecular complexity index is 775. The van der Waals surface area contributed by atoms with Crippen LogP contribution in [0.25, 0.3) is 11.3 Å². The van der Waals surface area contributed by atoms with Crippen LogP contribution in [0.3, 0.4) is 0 Å². The molecule has 2 saturated heterocycles. The number of nitrogens with one attached hydrogen (secondary N) is 1. The minimum Gasteiger partial charge on any atom is -0.346 e. The SMILES string of the molecule is CC(C)c1ccc(-c2csc(N3C[C@@H]4C(=O)NC(=O)[C@@H]4C3)n2)cc1. The summed E-state index contributed by atoms with van der Waals surface area (Å²) in [5.74, 6) is -0.231. The molecule has 2 amide bonds. The molecule has 0 spiro atoms. The van der Waals surface area contributed by atoms with E-state index in [2.05, 4.69) is 48.3 Å². The van der Waals surface area contributed by atoms with Crippen molar-refractivity contribution in [2.24, 2.45) is 11.8 Å². The Morgan fingerprint density at radius 2 is 1.75 bits per heavy atom. The number of fused-ring (bicyclic) bond motifs is 1. The number of aromatic nitrogens is 1. The number of hydrogen-bond donors (Lipinski definition) is 1. The lowest BCUT2D eigenvalue weighted by Gasteiger charge is -2.15. The first-order valence-corrected chi connectivity index (χ1v) is 9.06. The lowest BCUT2D eigenvalue weighted by atomic mass is 10.00. The van der Waals surface area contributed by atoms with Crippen LogP contribution < -0.4 is 10.2 Å². The number of rotatable bonds is 3. The van der Waals surface area contributed by atoms with Gasteiger partial charge < -0.3 is 4.90 Å². The quantitative estimate of drug-likeness (QED) is 0.872. The maximum absolute atomic E-state index is 11.8. The highest BCUT2D eigenvalue weighted by molar-refractivity contribution is 7.14. The van der Waals surface area contributed by atoms with Crippen molar-refractivity contribution in [3.05, 3.63) is 35.2 Å². The normalized spacial score (nSPS) is 23.0. The average Bonchev–Trinajstić information content (AvgIpc) is 3.26. The lowest BCUT2D eigenvalue weighted by Crippen LogP contribution is -2.31. The molecular formula is C18H19N3O2S. The number of carbonyl (C=O) groups is 2. The van der Waals surface area contributed by atoms with Crippen LogP contribution in [-0.2, 0) is 9.59 Å². The Kier molecular flexibility index (Phi) is 3.64. The monoisotopic (exact) mass is 341 g/mol. The van der Waals surface area contributed by atoms with Gasteiger partial charge in [0.2, 0.25) is 11.8 Å². The van der Waals surface area contributed by atoms with Crippen molar-refractivity contribution in [1.82, 2.24) is 10.3 Å². The zero-order valence-corrected chi connectivity index (χ0v) is 14.5. The third-order valence-corrected chi connectivity index (χ3v) is 5.78. The van der Waals surface area contributed by atoms with Gasteiger partial charge in [-0.05, 0) is 11.5 Å². The van der Waals surface area contributed by atoms with E-state index in [-0.39, 0.29) is 23.7 Å². The zero-order chi connectivity index (χ0) is 16.8. The lowest BCUT2D eigenvalue weighted by molar-refractivity contribution is -0.126. The molecule has 0 unspecified atom stereocenters. The highest BCUT2D eigenvalue weighted by Crippen LogP contribution is 2.35. The molecule has 2 aliphatic rings. The minimum absolute atomic E-state index is 0.145. The maximum Gasteiger partial charge on any atom is 0.232 e. The molecule has 0 bridgehead atoms. The fraction of sp³-hybridized carbons (Fsp3) is 0.389. The number of benzene rings is 1. The number of imide groups is 1. The molecule has 2 fully saturated rings. The van der Waals surface area contributed by atoms with Gasteiger partial charge in [0.15, 0.2) is 5.13 Å². The average molecular weight is 341 g/mol. The van der Waals surface area contributed by atoms with Crippen molar-refractivity contribution in [3.63, 3.8) is 0 Å². The standard InChI is InChI=1S/C18H19N3O2S/c1-10(2)11-3-5-12(6-4-11)15-9-24-18(19-15)21-7-13-14(8-21)17(23)20-16(13)22/h3-6,9-10,13-14H,7-8H2,1-2H3,(H,20,22,23)/t13-,14+.